The second kappa shape index (κ2) is 9.66. The molecule has 1 saturated heterocycles. The molecule has 1 fully saturated rings. The maximum atomic E-state index is 12.5. The van der Waals surface area contributed by atoms with E-state index >= 15 is 0 Å². The molecule has 0 spiro atoms. The topological polar surface area (TPSA) is 83.3 Å². The van der Waals surface area contributed by atoms with Gasteiger partial charge in [-0.05, 0) is 35.6 Å². The molecule has 1 amide bonds. The zero-order valence-corrected chi connectivity index (χ0v) is 16.8. The molecular formula is C22H31N5O. The molecule has 3 rings (SSSR count). The molecule has 2 aromatic rings. The first kappa shape index (κ1) is 20.3. The first-order chi connectivity index (χ1) is 13.6. The van der Waals surface area contributed by atoms with Crippen LogP contribution in [-0.2, 0) is 4.79 Å². The minimum Gasteiger partial charge on any atom is -0.354 e. The van der Waals surface area contributed by atoms with Crippen molar-refractivity contribution >= 4 is 11.7 Å². The zero-order chi connectivity index (χ0) is 19.9. The Labute approximate surface area is 167 Å². The van der Waals surface area contributed by atoms with Gasteiger partial charge in [-0.25, -0.2) is 4.98 Å². The number of anilines is 1. The summed E-state index contributed by atoms with van der Waals surface area (Å²) in [5, 5.41) is 6.13. The monoisotopic (exact) mass is 381 g/mol. The third kappa shape index (κ3) is 5.09. The highest BCUT2D eigenvalue weighted by atomic mass is 16.1. The van der Waals surface area contributed by atoms with Crippen molar-refractivity contribution in [2.75, 3.05) is 37.7 Å². The molecule has 0 radical (unpaired) electrons. The molecular weight excluding hydrogens is 350 g/mol. The van der Waals surface area contributed by atoms with Crippen LogP contribution in [0.1, 0.15) is 31.7 Å². The third-order valence-corrected chi connectivity index (χ3v) is 5.11. The molecule has 150 valence electrons. The van der Waals surface area contributed by atoms with Gasteiger partial charge in [0, 0.05) is 37.9 Å². The largest absolute Gasteiger partial charge is 0.354 e. The van der Waals surface area contributed by atoms with Crippen molar-refractivity contribution in [2.45, 2.75) is 26.2 Å². The van der Waals surface area contributed by atoms with Gasteiger partial charge in [0.1, 0.15) is 5.82 Å². The number of nitrogens with one attached hydrogen (secondary N) is 2. The Morgan fingerprint density at radius 1 is 1.21 bits per heavy atom. The van der Waals surface area contributed by atoms with Crippen LogP contribution in [0.25, 0.3) is 11.1 Å². The van der Waals surface area contributed by atoms with E-state index in [1.54, 1.807) is 0 Å². The molecule has 4 N–H and O–H groups in total. The minimum absolute atomic E-state index is 0.0134. The van der Waals surface area contributed by atoms with Gasteiger partial charge in [0.15, 0.2) is 0 Å². The Hall–Kier alpha value is -2.44. The van der Waals surface area contributed by atoms with Gasteiger partial charge >= 0.3 is 0 Å². The van der Waals surface area contributed by atoms with Gasteiger partial charge in [0.25, 0.3) is 0 Å². The lowest BCUT2D eigenvalue weighted by Gasteiger charge is -2.28. The van der Waals surface area contributed by atoms with Crippen molar-refractivity contribution in [3.05, 3.63) is 48.2 Å². The molecule has 0 saturated carbocycles. The van der Waals surface area contributed by atoms with E-state index < -0.39 is 0 Å². The van der Waals surface area contributed by atoms with Crippen LogP contribution < -0.4 is 21.3 Å². The number of aromatic nitrogens is 1. The van der Waals surface area contributed by atoms with Crippen molar-refractivity contribution in [3.63, 3.8) is 0 Å². The number of nitrogens with zero attached hydrogens (tertiary/aromatic N) is 2. The Bertz CT molecular complexity index is 769. The van der Waals surface area contributed by atoms with Crippen molar-refractivity contribution in [1.29, 1.82) is 0 Å². The average Bonchev–Trinajstić information content (AvgIpc) is 2.73. The van der Waals surface area contributed by atoms with Crippen LogP contribution in [0.5, 0.6) is 0 Å². The molecule has 1 aromatic heterocycles. The van der Waals surface area contributed by atoms with E-state index in [0.29, 0.717) is 5.92 Å². The van der Waals surface area contributed by atoms with Crippen molar-refractivity contribution in [1.82, 2.24) is 15.6 Å². The van der Waals surface area contributed by atoms with Crippen molar-refractivity contribution < 1.29 is 4.79 Å². The second-order valence-corrected chi connectivity index (χ2v) is 7.69. The number of carbonyl (C=O) groups is 1. The van der Waals surface area contributed by atoms with E-state index in [1.807, 2.05) is 18.3 Å². The summed E-state index contributed by atoms with van der Waals surface area (Å²) >= 11 is 0. The fourth-order valence-electron chi connectivity index (χ4n) is 3.66. The summed E-state index contributed by atoms with van der Waals surface area (Å²) in [6, 6.07) is 12.4. The molecule has 6 nitrogen and oxygen atoms in total. The second-order valence-electron chi connectivity index (χ2n) is 7.69. The van der Waals surface area contributed by atoms with Crippen LogP contribution in [0.15, 0.2) is 42.6 Å². The average molecular weight is 382 g/mol. The van der Waals surface area contributed by atoms with Gasteiger partial charge in [-0.1, -0.05) is 38.1 Å². The predicted molar refractivity (Wildman–Crippen MR) is 114 cm³/mol. The highest BCUT2D eigenvalue weighted by Gasteiger charge is 2.22. The fraction of sp³-hybridized carbons (Fsp3) is 0.455. The molecule has 28 heavy (non-hydrogen) atoms. The summed E-state index contributed by atoms with van der Waals surface area (Å²) in [5.74, 6) is 1.22. The van der Waals surface area contributed by atoms with Crippen LogP contribution >= 0.6 is 0 Å². The number of pyridine rings is 1. The van der Waals surface area contributed by atoms with Gasteiger partial charge in [-0.15, -0.1) is 0 Å². The van der Waals surface area contributed by atoms with E-state index in [-0.39, 0.29) is 18.5 Å². The van der Waals surface area contributed by atoms with Crippen LogP contribution in [0.2, 0.25) is 0 Å². The molecule has 2 heterocycles. The maximum Gasteiger partial charge on any atom is 0.228 e. The number of benzene rings is 1. The summed E-state index contributed by atoms with van der Waals surface area (Å²) in [6.07, 6.45) is 2.71. The molecule has 1 aliphatic rings. The number of piperazine rings is 1. The molecule has 1 aromatic carbocycles. The third-order valence-electron chi connectivity index (χ3n) is 5.11. The first-order valence-corrected chi connectivity index (χ1v) is 10.1. The first-order valence-electron chi connectivity index (χ1n) is 10.1. The number of hydrogen-bond acceptors (Lipinski definition) is 5. The van der Waals surface area contributed by atoms with Crippen LogP contribution in [0.3, 0.4) is 0 Å². The SMILES string of the molecule is CC(C)C[C@@H](C(=O)NCN)c1cccc(-c2ccc(N3CCNCC3)nc2)c1. The Kier molecular flexibility index (Phi) is 7.01. The van der Waals surface area contributed by atoms with E-state index in [9.17, 15) is 4.79 Å². The standard InChI is InChI=1S/C22H31N5O/c1-16(2)12-20(22(28)26-15-23)18-5-3-4-17(13-18)19-6-7-21(25-14-19)27-10-8-24-9-11-27/h3-7,13-14,16,20,24H,8-12,15,23H2,1-2H3,(H,26,28)/t20-/m1/s1. The summed E-state index contributed by atoms with van der Waals surface area (Å²) in [4.78, 5) is 19.5. The quantitative estimate of drug-likeness (QED) is 0.641. The molecule has 0 bridgehead atoms. The van der Waals surface area contributed by atoms with Crippen molar-refractivity contribution in [3.8, 4) is 11.1 Å². The molecule has 6 heteroatoms. The maximum absolute atomic E-state index is 12.5. The Morgan fingerprint density at radius 2 is 2.00 bits per heavy atom. The minimum atomic E-state index is -0.198. The van der Waals surface area contributed by atoms with E-state index in [0.717, 1.165) is 55.1 Å². The van der Waals surface area contributed by atoms with Gasteiger partial charge in [-0.2, -0.15) is 0 Å². The number of rotatable bonds is 7. The number of nitrogens with two attached hydrogens (primary N) is 1. The van der Waals surface area contributed by atoms with E-state index in [4.69, 9.17) is 5.73 Å². The number of carbonyl (C=O) groups excluding carboxylic acids is 1. The van der Waals surface area contributed by atoms with Gasteiger partial charge in [-0.3, -0.25) is 4.79 Å². The number of hydrogen-bond donors (Lipinski definition) is 3. The lowest BCUT2D eigenvalue weighted by Crippen LogP contribution is -2.43. The smallest absolute Gasteiger partial charge is 0.228 e. The highest BCUT2D eigenvalue weighted by molar-refractivity contribution is 5.84. The van der Waals surface area contributed by atoms with Gasteiger partial charge in [0.05, 0.1) is 12.6 Å². The predicted octanol–water partition coefficient (Wildman–Crippen LogP) is 2.32. The Morgan fingerprint density at radius 3 is 2.64 bits per heavy atom. The normalized spacial score (nSPS) is 15.5. The Balaban J connectivity index is 1.82. The van der Waals surface area contributed by atoms with Crippen LogP contribution in [0, 0.1) is 5.92 Å². The summed E-state index contributed by atoms with van der Waals surface area (Å²) < 4.78 is 0. The van der Waals surface area contributed by atoms with Crippen LogP contribution in [-0.4, -0.2) is 43.7 Å². The molecule has 1 atom stereocenters. The van der Waals surface area contributed by atoms with Gasteiger partial charge < -0.3 is 21.3 Å². The van der Waals surface area contributed by atoms with Crippen molar-refractivity contribution in [2.24, 2.45) is 11.7 Å². The van der Waals surface area contributed by atoms with Gasteiger partial charge in [0.2, 0.25) is 5.91 Å². The highest BCUT2D eigenvalue weighted by Crippen LogP contribution is 2.29. The number of amides is 1. The van der Waals surface area contributed by atoms with E-state index in [2.05, 4.69) is 58.6 Å². The lowest BCUT2D eigenvalue weighted by atomic mass is 9.88. The fourth-order valence-corrected chi connectivity index (χ4v) is 3.66. The lowest BCUT2D eigenvalue weighted by molar-refractivity contribution is -0.122. The van der Waals surface area contributed by atoms with E-state index in [1.165, 1.54) is 0 Å². The van der Waals surface area contributed by atoms with Crippen LogP contribution in [0.4, 0.5) is 5.82 Å². The molecule has 0 unspecified atom stereocenters. The molecule has 0 aliphatic carbocycles. The summed E-state index contributed by atoms with van der Waals surface area (Å²) in [7, 11) is 0. The summed E-state index contributed by atoms with van der Waals surface area (Å²) in [5.41, 5.74) is 8.68. The zero-order valence-electron chi connectivity index (χ0n) is 16.8. The summed E-state index contributed by atoms with van der Waals surface area (Å²) in [6.45, 7) is 8.37. The molecule has 1 aliphatic heterocycles.